The fraction of sp³-hybridized carbons (Fsp3) is 0.414. The SMILES string of the molecule is CNC(=O)c1cc(COc2cnc(Nc3ccc(N(CC(C)C)CC(C)C)c(C)c3)nc2)c(F)c(OC)c1. The Morgan fingerprint density at radius 2 is 1.71 bits per heavy atom. The van der Waals surface area contributed by atoms with Gasteiger partial charge in [0.05, 0.1) is 19.5 Å². The molecule has 9 heteroatoms. The molecule has 0 saturated carbocycles. The molecule has 0 spiro atoms. The number of anilines is 3. The summed E-state index contributed by atoms with van der Waals surface area (Å²) in [5.41, 5.74) is 3.75. The van der Waals surface area contributed by atoms with Crippen molar-refractivity contribution in [3.05, 3.63) is 65.2 Å². The lowest BCUT2D eigenvalue weighted by Gasteiger charge is -2.30. The van der Waals surface area contributed by atoms with Crippen molar-refractivity contribution in [3.8, 4) is 11.5 Å². The number of rotatable bonds is 12. The average molecular weight is 524 g/mol. The van der Waals surface area contributed by atoms with Crippen molar-refractivity contribution in [1.29, 1.82) is 0 Å². The Hall–Kier alpha value is -3.88. The molecule has 0 aliphatic rings. The first kappa shape index (κ1) is 28.7. The number of nitrogens with zero attached hydrogens (tertiary/aromatic N) is 3. The summed E-state index contributed by atoms with van der Waals surface area (Å²) in [6, 6.07) is 9.03. The largest absolute Gasteiger partial charge is 0.494 e. The molecule has 0 aliphatic heterocycles. The van der Waals surface area contributed by atoms with Gasteiger partial charge in [0, 0.05) is 42.6 Å². The lowest BCUT2D eigenvalue weighted by molar-refractivity contribution is 0.0962. The van der Waals surface area contributed by atoms with Crippen molar-refractivity contribution in [2.24, 2.45) is 11.8 Å². The van der Waals surface area contributed by atoms with Gasteiger partial charge in [-0.3, -0.25) is 4.79 Å². The number of benzene rings is 2. The van der Waals surface area contributed by atoms with E-state index < -0.39 is 5.82 Å². The Kier molecular flexibility index (Phi) is 9.87. The highest BCUT2D eigenvalue weighted by Gasteiger charge is 2.16. The van der Waals surface area contributed by atoms with Gasteiger partial charge in [0.15, 0.2) is 17.3 Å². The number of aromatic nitrogens is 2. The van der Waals surface area contributed by atoms with Crippen LogP contribution in [0.25, 0.3) is 0 Å². The average Bonchev–Trinajstić information content (AvgIpc) is 2.87. The van der Waals surface area contributed by atoms with E-state index in [0.29, 0.717) is 23.5 Å². The van der Waals surface area contributed by atoms with Gasteiger partial charge >= 0.3 is 0 Å². The van der Waals surface area contributed by atoms with E-state index in [4.69, 9.17) is 9.47 Å². The molecule has 0 radical (unpaired) electrons. The first-order valence-corrected chi connectivity index (χ1v) is 12.8. The Balaban J connectivity index is 1.68. The molecule has 2 N–H and O–H groups in total. The molecule has 0 unspecified atom stereocenters. The monoisotopic (exact) mass is 523 g/mol. The van der Waals surface area contributed by atoms with Crippen molar-refractivity contribution in [2.45, 2.75) is 41.2 Å². The zero-order valence-corrected chi connectivity index (χ0v) is 23.3. The standard InChI is InChI=1S/C29H38FN5O3/c1-18(2)15-35(16-19(3)4)25-9-8-23(10-20(25)5)34-29-32-13-24(14-33-29)38-17-22-11-21(28(36)31-6)12-26(37-7)27(22)30/h8-14,18-19H,15-17H2,1-7H3,(H,31,36)(H,32,33,34). The van der Waals surface area contributed by atoms with Crippen molar-refractivity contribution in [1.82, 2.24) is 15.3 Å². The normalized spacial score (nSPS) is 11.0. The maximum Gasteiger partial charge on any atom is 0.251 e. The number of carbonyl (C=O) groups excluding carboxylic acids is 1. The lowest BCUT2D eigenvalue weighted by Crippen LogP contribution is -2.31. The van der Waals surface area contributed by atoms with Gasteiger partial charge in [0.1, 0.15) is 6.61 Å². The van der Waals surface area contributed by atoms with Gasteiger partial charge in [-0.15, -0.1) is 0 Å². The number of halogens is 1. The number of nitrogens with one attached hydrogen (secondary N) is 2. The maximum atomic E-state index is 14.7. The molecule has 3 aromatic rings. The number of methoxy groups -OCH3 is 1. The van der Waals surface area contributed by atoms with Crippen LogP contribution in [0.3, 0.4) is 0 Å². The molecular formula is C29H38FN5O3. The molecule has 8 nitrogen and oxygen atoms in total. The van der Waals surface area contributed by atoms with E-state index >= 15 is 0 Å². The van der Waals surface area contributed by atoms with Crippen LogP contribution < -0.4 is 25.0 Å². The predicted molar refractivity (Wildman–Crippen MR) is 149 cm³/mol. The first-order valence-electron chi connectivity index (χ1n) is 12.8. The summed E-state index contributed by atoms with van der Waals surface area (Å²) < 4.78 is 25.4. The number of carbonyl (C=O) groups is 1. The van der Waals surface area contributed by atoms with Gasteiger partial charge in [-0.25, -0.2) is 14.4 Å². The second kappa shape index (κ2) is 13.1. The third kappa shape index (κ3) is 7.57. The van der Waals surface area contributed by atoms with Gasteiger partial charge in [0.25, 0.3) is 5.91 Å². The van der Waals surface area contributed by atoms with E-state index in [0.717, 1.165) is 18.8 Å². The van der Waals surface area contributed by atoms with E-state index in [9.17, 15) is 9.18 Å². The third-order valence-corrected chi connectivity index (χ3v) is 5.81. The van der Waals surface area contributed by atoms with Crippen LogP contribution in [0, 0.1) is 24.6 Å². The Morgan fingerprint density at radius 1 is 1.05 bits per heavy atom. The summed E-state index contributed by atoms with van der Waals surface area (Å²) >= 11 is 0. The van der Waals surface area contributed by atoms with E-state index in [1.54, 1.807) is 0 Å². The summed E-state index contributed by atoms with van der Waals surface area (Å²) in [4.78, 5) is 23.1. The molecule has 3 rings (SSSR count). The fourth-order valence-electron chi connectivity index (χ4n) is 4.17. The van der Waals surface area contributed by atoms with Crippen LogP contribution in [-0.2, 0) is 6.61 Å². The second-order valence-electron chi connectivity index (χ2n) is 10.1. The minimum absolute atomic E-state index is 0.0293. The first-order chi connectivity index (χ1) is 18.1. The quantitative estimate of drug-likeness (QED) is 0.313. The molecule has 0 atom stereocenters. The fourth-order valence-corrected chi connectivity index (χ4v) is 4.17. The molecule has 0 fully saturated rings. The number of amides is 1. The highest BCUT2D eigenvalue weighted by atomic mass is 19.1. The van der Waals surface area contributed by atoms with Crippen molar-refractivity contribution >= 4 is 23.2 Å². The summed E-state index contributed by atoms with van der Waals surface area (Å²) in [6.45, 7) is 12.9. The zero-order valence-electron chi connectivity index (χ0n) is 23.3. The summed E-state index contributed by atoms with van der Waals surface area (Å²) in [7, 11) is 2.85. The number of hydrogen-bond donors (Lipinski definition) is 2. The van der Waals surface area contributed by atoms with Crippen LogP contribution in [0.5, 0.6) is 11.5 Å². The third-order valence-electron chi connectivity index (χ3n) is 5.81. The van der Waals surface area contributed by atoms with Crippen LogP contribution in [0.4, 0.5) is 21.7 Å². The van der Waals surface area contributed by atoms with Crippen molar-refractivity contribution in [2.75, 3.05) is 37.5 Å². The van der Waals surface area contributed by atoms with Gasteiger partial charge < -0.3 is 25.0 Å². The number of ether oxygens (including phenoxy) is 2. The van der Waals surface area contributed by atoms with Crippen LogP contribution >= 0.6 is 0 Å². The topological polar surface area (TPSA) is 88.6 Å². The summed E-state index contributed by atoms with van der Waals surface area (Å²) in [5.74, 6) is 0.955. The molecule has 2 aromatic carbocycles. The number of aryl methyl sites for hydroxylation is 1. The molecule has 204 valence electrons. The lowest BCUT2D eigenvalue weighted by atomic mass is 10.1. The minimum atomic E-state index is -0.585. The van der Waals surface area contributed by atoms with Gasteiger partial charge in [0.2, 0.25) is 5.95 Å². The number of hydrogen-bond acceptors (Lipinski definition) is 7. The highest BCUT2D eigenvalue weighted by molar-refractivity contribution is 5.94. The molecule has 1 amide bonds. The molecule has 1 heterocycles. The van der Waals surface area contributed by atoms with Crippen molar-refractivity contribution < 1.29 is 18.7 Å². The molecule has 0 saturated heterocycles. The second-order valence-corrected chi connectivity index (χ2v) is 10.1. The highest BCUT2D eigenvalue weighted by Crippen LogP contribution is 2.27. The van der Waals surface area contributed by atoms with Crippen molar-refractivity contribution in [3.63, 3.8) is 0 Å². The smallest absolute Gasteiger partial charge is 0.251 e. The van der Waals surface area contributed by atoms with Crippen LogP contribution in [0.1, 0.15) is 49.2 Å². The molecular weight excluding hydrogens is 485 g/mol. The molecule has 0 bridgehead atoms. The summed E-state index contributed by atoms with van der Waals surface area (Å²) in [6.07, 6.45) is 3.03. The minimum Gasteiger partial charge on any atom is -0.494 e. The van der Waals surface area contributed by atoms with Gasteiger partial charge in [-0.2, -0.15) is 0 Å². The summed E-state index contributed by atoms with van der Waals surface area (Å²) in [5, 5.41) is 5.75. The van der Waals surface area contributed by atoms with E-state index in [2.05, 4.69) is 72.3 Å². The van der Waals surface area contributed by atoms with Crippen LogP contribution in [-0.4, -0.2) is 43.1 Å². The van der Waals surface area contributed by atoms with Gasteiger partial charge in [-0.05, 0) is 54.7 Å². The van der Waals surface area contributed by atoms with Crippen LogP contribution in [0.2, 0.25) is 0 Å². The molecule has 0 aliphatic carbocycles. The maximum absolute atomic E-state index is 14.7. The molecule has 38 heavy (non-hydrogen) atoms. The van der Waals surface area contributed by atoms with Crippen LogP contribution in [0.15, 0.2) is 42.7 Å². The molecule has 1 aromatic heterocycles. The zero-order chi connectivity index (χ0) is 27.8. The Labute approximate surface area is 224 Å². The van der Waals surface area contributed by atoms with E-state index in [1.807, 2.05) is 6.07 Å². The van der Waals surface area contributed by atoms with E-state index in [1.165, 1.54) is 49.9 Å². The Bertz CT molecular complexity index is 1220. The van der Waals surface area contributed by atoms with Gasteiger partial charge in [-0.1, -0.05) is 27.7 Å². The Morgan fingerprint density at radius 3 is 2.26 bits per heavy atom. The predicted octanol–water partition coefficient (Wildman–Crippen LogP) is 5.73. The van der Waals surface area contributed by atoms with E-state index in [-0.39, 0.29) is 29.4 Å².